The van der Waals surface area contributed by atoms with Gasteiger partial charge in [-0.1, -0.05) is 67.4 Å². The summed E-state index contributed by atoms with van der Waals surface area (Å²) in [6.07, 6.45) is 3.11. The molecule has 142 valence electrons. The zero-order chi connectivity index (χ0) is 19.8. The molecule has 0 fully saturated rings. The number of pyridine rings is 1. The number of hydrogen-bond acceptors (Lipinski definition) is 4. The summed E-state index contributed by atoms with van der Waals surface area (Å²) in [6, 6.07) is 24.1. The van der Waals surface area contributed by atoms with Gasteiger partial charge in [-0.05, 0) is 30.5 Å². The SMILES string of the molecule is N#CC(CCCCCC(=O)NO)(c1ccccc1)c1ccc2ccccc2n1. The van der Waals surface area contributed by atoms with Crippen LogP contribution in [0.15, 0.2) is 66.7 Å². The summed E-state index contributed by atoms with van der Waals surface area (Å²) in [7, 11) is 0. The molecule has 0 saturated carbocycles. The van der Waals surface area contributed by atoms with E-state index in [1.165, 1.54) is 0 Å². The molecule has 1 unspecified atom stereocenters. The Bertz CT molecular complexity index is 982. The molecule has 0 aliphatic carbocycles. The number of nitrogens with zero attached hydrogens (tertiary/aromatic N) is 2. The fourth-order valence-corrected chi connectivity index (χ4v) is 3.53. The summed E-state index contributed by atoms with van der Waals surface area (Å²) >= 11 is 0. The van der Waals surface area contributed by atoms with Crippen LogP contribution in [0.25, 0.3) is 10.9 Å². The second-order valence-corrected chi connectivity index (χ2v) is 6.87. The maximum absolute atomic E-state index is 11.2. The Morgan fingerprint density at radius 3 is 2.50 bits per heavy atom. The Hall–Kier alpha value is -3.23. The van der Waals surface area contributed by atoms with Gasteiger partial charge in [-0.25, -0.2) is 5.48 Å². The molecule has 28 heavy (non-hydrogen) atoms. The molecule has 0 saturated heterocycles. The van der Waals surface area contributed by atoms with Crippen LogP contribution in [0.5, 0.6) is 0 Å². The molecule has 2 N–H and O–H groups in total. The summed E-state index contributed by atoms with van der Waals surface area (Å²) in [6.45, 7) is 0. The summed E-state index contributed by atoms with van der Waals surface area (Å²) in [4.78, 5) is 16.0. The van der Waals surface area contributed by atoms with Gasteiger partial charge in [0, 0.05) is 11.8 Å². The van der Waals surface area contributed by atoms with Crippen LogP contribution in [-0.2, 0) is 10.2 Å². The molecule has 0 radical (unpaired) electrons. The number of amides is 1. The van der Waals surface area contributed by atoms with E-state index < -0.39 is 5.41 Å². The molecule has 1 heterocycles. The number of nitriles is 1. The maximum Gasteiger partial charge on any atom is 0.243 e. The molecule has 1 aromatic heterocycles. The van der Waals surface area contributed by atoms with E-state index >= 15 is 0 Å². The number of benzene rings is 2. The van der Waals surface area contributed by atoms with Crippen LogP contribution in [-0.4, -0.2) is 16.1 Å². The fraction of sp³-hybridized carbons (Fsp3) is 0.261. The van der Waals surface area contributed by atoms with Gasteiger partial charge < -0.3 is 0 Å². The van der Waals surface area contributed by atoms with Crippen LogP contribution in [0.3, 0.4) is 0 Å². The van der Waals surface area contributed by atoms with Crippen molar-refractivity contribution in [3.8, 4) is 6.07 Å². The first-order valence-electron chi connectivity index (χ1n) is 9.45. The molecule has 1 amide bonds. The van der Waals surface area contributed by atoms with Crippen LogP contribution in [0, 0.1) is 11.3 Å². The van der Waals surface area contributed by atoms with Crippen molar-refractivity contribution in [2.75, 3.05) is 0 Å². The van der Waals surface area contributed by atoms with Crippen molar-refractivity contribution in [2.45, 2.75) is 37.5 Å². The van der Waals surface area contributed by atoms with E-state index in [-0.39, 0.29) is 12.3 Å². The molecule has 1 atom stereocenters. The molecular weight excluding hydrogens is 350 g/mol. The van der Waals surface area contributed by atoms with Crippen LogP contribution in [0.4, 0.5) is 0 Å². The van der Waals surface area contributed by atoms with Crippen molar-refractivity contribution in [3.05, 3.63) is 78.0 Å². The highest BCUT2D eigenvalue weighted by atomic mass is 16.5. The van der Waals surface area contributed by atoms with Gasteiger partial charge in [-0.15, -0.1) is 0 Å². The van der Waals surface area contributed by atoms with E-state index in [1.807, 2.05) is 66.7 Å². The van der Waals surface area contributed by atoms with Gasteiger partial charge in [0.15, 0.2) is 0 Å². The number of para-hydroxylation sites is 1. The monoisotopic (exact) mass is 373 g/mol. The number of carbonyl (C=O) groups is 1. The minimum Gasteiger partial charge on any atom is -0.289 e. The highest BCUT2D eigenvalue weighted by Gasteiger charge is 2.35. The van der Waals surface area contributed by atoms with E-state index in [2.05, 4.69) is 6.07 Å². The van der Waals surface area contributed by atoms with Crippen molar-refractivity contribution in [3.63, 3.8) is 0 Å². The Balaban J connectivity index is 1.90. The van der Waals surface area contributed by atoms with Gasteiger partial charge >= 0.3 is 0 Å². The molecule has 5 nitrogen and oxygen atoms in total. The smallest absolute Gasteiger partial charge is 0.243 e. The lowest BCUT2D eigenvalue weighted by atomic mass is 9.74. The first-order chi connectivity index (χ1) is 13.7. The molecule has 3 rings (SSSR count). The standard InChI is InChI=1S/C23H23N3O2/c24-17-23(19-10-3-1-4-11-19,16-8-2-5-13-22(27)26-28)21-15-14-18-9-6-7-12-20(18)25-21/h1,3-4,6-7,9-12,14-15,28H,2,5,8,13,16H2,(H,26,27). The van der Waals surface area contributed by atoms with Gasteiger partial charge in [0.1, 0.15) is 5.41 Å². The molecule has 2 aromatic carbocycles. The summed E-state index contributed by atoms with van der Waals surface area (Å²) in [5.41, 5.74) is 3.35. The lowest BCUT2D eigenvalue weighted by Crippen LogP contribution is -2.27. The first-order valence-corrected chi connectivity index (χ1v) is 9.45. The van der Waals surface area contributed by atoms with Gasteiger partial charge in [0.25, 0.3) is 0 Å². The minimum absolute atomic E-state index is 0.273. The third kappa shape index (κ3) is 4.19. The molecule has 0 spiro atoms. The van der Waals surface area contributed by atoms with Gasteiger partial charge in [0.2, 0.25) is 5.91 Å². The number of aromatic nitrogens is 1. The average Bonchev–Trinajstić information content (AvgIpc) is 2.76. The van der Waals surface area contributed by atoms with Crippen molar-refractivity contribution in [2.24, 2.45) is 0 Å². The molecule has 0 bridgehead atoms. The lowest BCUT2D eigenvalue weighted by molar-refractivity contribution is -0.129. The van der Waals surface area contributed by atoms with Gasteiger partial charge in [0.05, 0.1) is 17.3 Å². The van der Waals surface area contributed by atoms with Crippen molar-refractivity contribution in [1.29, 1.82) is 5.26 Å². The average molecular weight is 373 g/mol. The second kappa shape index (κ2) is 9.12. The molecular formula is C23H23N3O2. The van der Waals surface area contributed by atoms with Gasteiger partial charge in [-0.2, -0.15) is 5.26 Å². The predicted molar refractivity (Wildman–Crippen MR) is 108 cm³/mol. The topological polar surface area (TPSA) is 86.0 Å². The van der Waals surface area contributed by atoms with E-state index in [9.17, 15) is 10.1 Å². The number of hydrogen-bond donors (Lipinski definition) is 2. The normalized spacial score (nSPS) is 12.9. The number of nitrogens with one attached hydrogen (secondary N) is 1. The molecule has 0 aliphatic rings. The van der Waals surface area contributed by atoms with E-state index in [4.69, 9.17) is 10.2 Å². The third-order valence-electron chi connectivity index (χ3n) is 5.07. The Morgan fingerprint density at radius 2 is 1.75 bits per heavy atom. The van der Waals surface area contributed by atoms with E-state index in [1.54, 1.807) is 5.48 Å². The summed E-state index contributed by atoms with van der Waals surface area (Å²) in [5.74, 6) is -0.384. The van der Waals surface area contributed by atoms with Crippen LogP contribution in [0.2, 0.25) is 0 Å². The Labute approximate surface area is 164 Å². The van der Waals surface area contributed by atoms with E-state index in [0.29, 0.717) is 12.8 Å². The minimum atomic E-state index is -0.843. The van der Waals surface area contributed by atoms with Crippen LogP contribution in [0.1, 0.15) is 43.4 Å². The van der Waals surface area contributed by atoms with Crippen LogP contribution < -0.4 is 5.48 Å². The summed E-state index contributed by atoms with van der Waals surface area (Å²) in [5, 5.41) is 19.9. The number of fused-ring (bicyclic) bond motifs is 1. The summed E-state index contributed by atoms with van der Waals surface area (Å²) < 4.78 is 0. The highest BCUT2D eigenvalue weighted by molar-refractivity contribution is 5.78. The first kappa shape index (κ1) is 19.5. The lowest BCUT2D eigenvalue weighted by Gasteiger charge is -2.27. The zero-order valence-electron chi connectivity index (χ0n) is 15.6. The number of carbonyl (C=O) groups excluding carboxylic acids is 1. The van der Waals surface area contributed by atoms with Crippen LogP contribution >= 0.6 is 0 Å². The Kier molecular flexibility index (Phi) is 6.36. The van der Waals surface area contributed by atoms with E-state index in [0.717, 1.165) is 35.0 Å². The highest BCUT2D eigenvalue weighted by Crippen LogP contribution is 2.36. The number of rotatable bonds is 8. The quantitative estimate of drug-likeness (QED) is 0.346. The van der Waals surface area contributed by atoms with Crippen molar-refractivity contribution < 1.29 is 10.0 Å². The Morgan fingerprint density at radius 1 is 1.00 bits per heavy atom. The molecule has 3 aromatic rings. The maximum atomic E-state index is 11.2. The molecule has 0 aliphatic heterocycles. The number of unbranched alkanes of at least 4 members (excludes halogenated alkanes) is 2. The number of hydroxylamine groups is 1. The second-order valence-electron chi connectivity index (χ2n) is 6.87. The predicted octanol–water partition coefficient (Wildman–Crippen LogP) is 4.50. The molecule has 5 heteroatoms. The third-order valence-corrected chi connectivity index (χ3v) is 5.07. The fourth-order valence-electron chi connectivity index (χ4n) is 3.53. The van der Waals surface area contributed by atoms with Crippen molar-refractivity contribution >= 4 is 16.8 Å². The van der Waals surface area contributed by atoms with Gasteiger partial charge in [-0.3, -0.25) is 15.0 Å². The largest absolute Gasteiger partial charge is 0.289 e. The van der Waals surface area contributed by atoms with Crippen molar-refractivity contribution in [1.82, 2.24) is 10.5 Å². The zero-order valence-corrected chi connectivity index (χ0v) is 15.6.